The van der Waals surface area contributed by atoms with Crippen molar-refractivity contribution in [3.05, 3.63) is 41.3 Å². The average molecular weight is 353 g/mol. The number of carbonyl (C=O) groups is 1. The molecule has 7 nitrogen and oxygen atoms in total. The largest absolute Gasteiger partial charge is 0.480 e. The zero-order valence-electron chi connectivity index (χ0n) is 12.0. The van der Waals surface area contributed by atoms with Gasteiger partial charge in [0, 0.05) is 18.3 Å². The molecule has 122 valence electrons. The predicted octanol–water partition coefficient (Wildman–Crippen LogP) is 1.39. The van der Waals surface area contributed by atoms with E-state index in [1.807, 2.05) is 0 Å². The Labute approximate surface area is 137 Å². The molecule has 0 amide bonds. The van der Waals surface area contributed by atoms with E-state index in [0.717, 1.165) is 29.2 Å². The summed E-state index contributed by atoms with van der Waals surface area (Å²) in [6, 6.07) is 2.07. The third-order valence-electron chi connectivity index (χ3n) is 3.48. The Balaban J connectivity index is 1.76. The first kappa shape index (κ1) is 16.0. The highest BCUT2D eigenvalue weighted by Crippen LogP contribution is 2.42. The lowest BCUT2D eigenvalue weighted by atomic mass is 10.1. The molecule has 0 radical (unpaired) electrons. The fourth-order valence-electron chi connectivity index (χ4n) is 2.09. The van der Waals surface area contributed by atoms with E-state index in [1.165, 1.54) is 18.6 Å². The van der Waals surface area contributed by atoms with E-state index in [0.29, 0.717) is 11.5 Å². The smallest absolute Gasteiger partial charge is 0.322 e. The SMILES string of the molecule is O=C(O)C(Cc1ccncc1)NS(=O)(=O)c1cnc(C2CC2)s1. The van der Waals surface area contributed by atoms with Gasteiger partial charge in [-0.25, -0.2) is 13.4 Å². The van der Waals surface area contributed by atoms with E-state index in [4.69, 9.17) is 0 Å². The molecule has 1 unspecified atom stereocenters. The number of pyridine rings is 1. The lowest BCUT2D eigenvalue weighted by Crippen LogP contribution is -2.42. The lowest BCUT2D eigenvalue weighted by Gasteiger charge is -2.13. The topological polar surface area (TPSA) is 109 Å². The van der Waals surface area contributed by atoms with Crippen molar-refractivity contribution in [3.8, 4) is 0 Å². The molecule has 1 atom stereocenters. The van der Waals surface area contributed by atoms with Crippen LogP contribution in [0, 0.1) is 0 Å². The van der Waals surface area contributed by atoms with Crippen LogP contribution in [0.4, 0.5) is 0 Å². The second-order valence-corrected chi connectivity index (χ2v) is 8.37. The van der Waals surface area contributed by atoms with Gasteiger partial charge in [0.05, 0.1) is 11.2 Å². The summed E-state index contributed by atoms with van der Waals surface area (Å²) < 4.78 is 27.1. The number of aliphatic carboxylic acids is 1. The van der Waals surface area contributed by atoms with E-state index in [9.17, 15) is 18.3 Å². The Kier molecular flexibility index (Phi) is 4.42. The van der Waals surface area contributed by atoms with Crippen LogP contribution in [0.2, 0.25) is 0 Å². The number of carboxylic acids is 1. The minimum Gasteiger partial charge on any atom is -0.480 e. The van der Waals surface area contributed by atoms with Crippen molar-refractivity contribution in [3.63, 3.8) is 0 Å². The third kappa shape index (κ3) is 3.92. The number of hydrogen-bond donors (Lipinski definition) is 2. The molecule has 0 aliphatic heterocycles. The Hall–Kier alpha value is -1.84. The van der Waals surface area contributed by atoms with Crippen molar-refractivity contribution in [2.24, 2.45) is 0 Å². The number of nitrogens with one attached hydrogen (secondary N) is 1. The van der Waals surface area contributed by atoms with Crippen LogP contribution in [-0.2, 0) is 21.2 Å². The van der Waals surface area contributed by atoms with Gasteiger partial charge in [0.25, 0.3) is 10.0 Å². The van der Waals surface area contributed by atoms with Crippen molar-refractivity contribution in [1.29, 1.82) is 0 Å². The molecule has 1 fully saturated rings. The highest BCUT2D eigenvalue weighted by molar-refractivity contribution is 7.91. The number of carboxylic acid groups (broad SMARTS) is 1. The molecule has 1 aliphatic carbocycles. The number of nitrogens with zero attached hydrogens (tertiary/aromatic N) is 2. The van der Waals surface area contributed by atoms with Crippen LogP contribution in [0.3, 0.4) is 0 Å². The van der Waals surface area contributed by atoms with Gasteiger partial charge in [0.15, 0.2) is 4.21 Å². The summed E-state index contributed by atoms with van der Waals surface area (Å²) in [5.74, 6) is -0.867. The zero-order chi connectivity index (χ0) is 16.4. The molecular weight excluding hydrogens is 338 g/mol. The second-order valence-electron chi connectivity index (χ2n) is 5.36. The Morgan fingerprint density at radius 2 is 2.09 bits per heavy atom. The summed E-state index contributed by atoms with van der Waals surface area (Å²) in [6.07, 6.45) is 6.47. The first-order valence-electron chi connectivity index (χ1n) is 7.05. The van der Waals surface area contributed by atoms with Crippen molar-refractivity contribution in [1.82, 2.24) is 14.7 Å². The van der Waals surface area contributed by atoms with Gasteiger partial charge in [-0.1, -0.05) is 0 Å². The van der Waals surface area contributed by atoms with Gasteiger partial charge in [-0.2, -0.15) is 4.72 Å². The van der Waals surface area contributed by atoms with Crippen molar-refractivity contribution in [2.45, 2.75) is 35.4 Å². The van der Waals surface area contributed by atoms with Crippen LogP contribution >= 0.6 is 11.3 Å². The first-order chi connectivity index (χ1) is 11.0. The van der Waals surface area contributed by atoms with Crippen molar-refractivity contribution >= 4 is 27.3 Å². The van der Waals surface area contributed by atoms with Crippen molar-refractivity contribution in [2.75, 3.05) is 0 Å². The summed E-state index contributed by atoms with van der Waals surface area (Å²) in [5, 5.41) is 10.1. The van der Waals surface area contributed by atoms with Gasteiger partial charge in [-0.05, 0) is 37.0 Å². The maximum Gasteiger partial charge on any atom is 0.322 e. The quantitative estimate of drug-likeness (QED) is 0.778. The maximum atomic E-state index is 12.4. The molecule has 2 aromatic heterocycles. The molecule has 3 rings (SSSR count). The first-order valence-corrected chi connectivity index (χ1v) is 9.35. The summed E-state index contributed by atoms with van der Waals surface area (Å²) in [4.78, 5) is 19.4. The molecule has 0 bridgehead atoms. The Morgan fingerprint density at radius 3 is 2.70 bits per heavy atom. The molecule has 9 heteroatoms. The molecular formula is C14H15N3O4S2. The van der Waals surface area contributed by atoms with Gasteiger partial charge >= 0.3 is 5.97 Å². The summed E-state index contributed by atoms with van der Waals surface area (Å²) >= 11 is 1.11. The van der Waals surface area contributed by atoms with Gasteiger partial charge in [-0.15, -0.1) is 11.3 Å². The highest BCUT2D eigenvalue weighted by Gasteiger charge is 2.31. The Bertz CT molecular complexity index is 800. The van der Waals surface area contributed by atoms with Crippen LogP contribution in [0.25, 0.3) is 0 Å². The third-order valence-corrected chi connectivity index (χ3v) is 6.57. The monoisotopic (exact) mass is 353 g/mol. The maximum absolute atomic E-state index is 12.4. The number of aromatic nitrogens is 2. The number of hydrogen-bond acceptors (Lipinski definition) is 6. The van der Waals surface area contributed by atoms with Gasteiger partial charge in [0.2, 0.25) is 0 Å². The zero-order valence-corrected chi connectivity index (χ0v) is 13.7. The van der Waals surface area contributed by atoms with E-state index in [1.54, 1.807) is 12.1 Å². The van der Waals surface area contributed by atoms with Crippen LogP contribution in [0.5, 0.6) is 0 Å². The Morgan fingerprint density at radius 1 is 1.39 bits per heavy atom. The molecule has 23 heavy (non-hydrogen) atoms. The van der Waals surface area contributed by atoms with Gasteiger partial charge in [-0.3, -0.25) is 9.78 Å². The summed E-state index contributed by atoms with van der Waals surface area (Å²) in [5.41, 5.74) is 0.693. The molecule has 2 heterocycles. The predicted molar refractivity (Wildman–Crippen MR) is 83.8 cm³/mol. The lowest BCUT2D eigenvalue weighted by molar-refractivity contribution is -0.138. The molecule has 0 spiro atoms. The van der Waals surface area contributed by atoms with Crippen molar-refractivity contribution < 1.29 is 18.3 Å². The summed E-state index contributed by atoms with van der Waals surface area (Å²) in [6.45, 7) is 0. The van der Waals surface area contributed by atoms with Gasteiger partial charge in [0.1, 0.15) is 6.04 Å². The van der Waals surface area contributed by atoms with Crippen LogP contribution in [-0.4, -0.2) is 35.5 Å². The molecule has 2 aromatic rings. The standard InChI is InChI=1S/C14H15N3O4S2/c18-14(19)11(7-9-3-5-15-6-4-9)17-23(20,21)12-8-16-13(22-12)10-1-2-10/h3-6,8,10-11,17H,1-2,7H2,(H,18,19). The average Bonchev–Trinajstić information content (AvgIpc) is 3.24. The molecule has 2 N–H and O–H groups in total. The van der Waals surface area contributed by atoms with E-state index < -0.39 is 22.0 Å². The van der Waals surface area contributed by atoms with Crippen LogP contribution < -0.4 is 4.72 Å². The van der Waals surface area contributed by atoms with Crippen LogP contribution in [0.1, 0.15) is 29.3 Å². The number of rotatable bonds is 7. The molecule has 0 saturated heterocycles. The van der Waals surface area contributed by atoms with E-state index >= 15 is 0 Å². The van der Waals surface area contributed by atoms with Crippen LogP contribution in [0.15, 0.2) is 34.9 Å². The fourth-order valence-corrected chi connectivity index (χ4v) is 4.62. The number of sulfonamides is 1. The second kappa shape index (κ2) is 6.34. The van der Waals surface area contributed by atoms with E-state index in [-0.39, 0.29) is 10.6 Å². The number of thiazole rings is 1. The minimum atomic E-state index is -3.90. The molecule has 1 saturated carbocycles. The fraction of sp³-hybridized carbons (Fsp3) is 0.357. The normalized spacial score (nSPS) is 16.2. The van der Waals surface area contributed by atoms with E-state index in [2.05, 4.69) is 14.7 Å². The summed E-state index contributed by atoms with van der Waals surface area (Å²) in [7, 11) is -3.90. The molecule has 0 aromatic carbocycles. The minimum absolute atomic E-state index is 0.0470. The molecule has 1 aliphatic rings. The van der Waals surface area contributed by atoms with Gasteiger partial charge < -0.3 is 5.11 Å². The highest BCUT2D eigenvalue weighted by atomic mass is 32.2.